The Kier molecular flexibility index (Phi) is 7.28. The Labute approximate surface area is 162 Å². The van der Waals surface area contributed by atoms with E-state index in [9.17, 15) is 18.0 Å². The predicted molar refractivity (Wildman–Crippen MR) is 93.4 cm³/mol. The number of nitrogens with two attached hydrogens (primary N) is 1. The smallest absolute Gasteiger partial charge is 0.447 e. The number of alkyl halides is 3. The van der Waals surface area contributed by atoms with Crippen LogP contribution in [0.3, 0.4) is 0 Å². The maximum absolute atomic E-state index is 12.6. The summed E-state index contributed by atoms with van der Waals surface area (Å²) in [4.78, 5) is 14.1. The van der Waals surface area contributed by atoms with Crippen LogP contribution in [0.4, 0.5) is 18.0 Å². The highest BCUT2D eigenvalue weighted by Gasteiger charge is 2.36. The van der Waals surface area contributed by atoms with Crippen LogP contribution in [-0.2, 0) is 9.47 Å². The van der Waals surface area contributed by atoms with E-state index in [1.54, 1.807) is 20.8 Å². The highest BCUT2D eigenvalue weighted by atomic mass is 28.2. The van der Waals surface area contributed by atoms with Crippen molar-refractivity contribution in [1.29, 1.82) is 0 Å². The first kappa shape index (κ1) is 22.4. The van der Waals surface area contributed by atoms with E-state index in [0.29, 0.717) is 13.0 Å². The van der Waals surface area contributed by atoms with Gasteiger partial charge in [-0.2, -0.15) is 0 Å². The van der Waals surface area contributed by atoms with E-state index < -0.39 is 46.8 Å². The standard InChI is InChI=1S/C15H25F3N4O5Si/c1-14(2,3)27-13(23)22-8-10(19)28-7-4-9(22)11-20-21-12(26-11)24-5-6-25-15(16,17)18/h9-10H,4-8,19,28H2,1-3H3/t9-,10+/m1/s1. The lowest BCUT2D eigenvalue weighted by Crippen LogP contribution is -2.45. The van der Waals surface area contributed by atoms with Gasteiger partial charge in [-0.25, -0.2) is 4.79 Å². The molecule has 2 atom stereocenters. The number of rotatable bonds is 5. The molecular weight excluding hydrogens is 401 g/mol. The minimum atomic E-state index is -4.74. The molecule has 2 heterocycles. The van der Waals surface area contributed by atoms with Crippen LogP contribution in [-0.4, -0.2) is 68.1 Å². The van der Waals surface area contributed by atoms with Gasteiger partial charge in [0.1, 0.15) is 18.2 Å². The highest BCUT2D eigenvalue weighted by molar-refractivity contribution is 6.37. The van der Waals surface area contributed by atoms with Gasteiger partial charge in [-0.3, -0.25) is 9.64 Å². The van der Waals surface area contributed by atoms with Gasteiger partial charge in [0.15, 0.2) is 0 Å². The monoisotopic (exact) mass is 426 g/mol. The third-order valence-corrected chi connectivity index (χ3v) is 5.59. The molecule has 0 radical (unpaired) electrons. The molecule has 1 fully saturated rings. The van der Waals surface area contributed by atoms with Crippen LogP contribution >= 0.6 is 0 Å². The maximum atomic E-state index is 12.6. The lowest BCUT2D eigenvalue weighted by atomic mass is 10.2. The fraction of sp³-hybridized carbons (Fsp3) is 0.800. The van der Waals surface area contributed by atoms with Gasteiger partial charge in [0.05, 0.1) is 6.61 Å². The summed E-state index contributed by atoms with van der Waals surface area (Å²) in [5.41, 5.74) is 5.33. The summed E-state index contributed by atoms with van der Waals surface area (Å²) in [6.07, 6.45) is -4.99. The van der Waals surface area contributed by atoms with Crippen molar-refractivity contribution in [2.75, 3.05) is 19.8 Å². The van der Waals surface area contributed by atoms with Crippen molar-refractivity contribution >= 4 is 15.6 Å². The van der Waals surface area contributed by atoms with Gasteiger partial charge < -0.3 is 19.6 Å². The average molecular weight is 426 g/mol. The minimum Gasteiger partial charge on any atom is -0.447 e. The van der Waals surface area contributed by atoms with Gasteiger partial charge in [-0.05, 0) is 27.2 Å². The molecular formula is C15H25F3N4O5Si. The van der Waals surface area contributed by atoms with Crippen molar-refractivity contribution in [2.45, 2.75) is 56.9 Å². The lowest BCUT2D eigenvalue weighted by Gasteiger charge is -2.31. The number of ether oxygens (including phenoxy) is 3. The summed E-state index contributed by atoms with van der Waals surface area (Å²) in [7, 11) is -0.583. The third-order valence-electron chi connectivity index (χ3n) is 3.77. The van der Waals surface area contributed by atoms with E-state index in [4.69, 9.17) is 19.6 Å². The van der Waals surface area contributed by atoms with Gasteiger partial charge in [-0.1, -0.05) is 11.1 Å². The van der Waals surface area contributed by atoms with Crippen molar-refractivity contribution in [3.8, 4) is 6.08 Å². The van der Waals surface area contributed by atoms with Crippen molar-refractivity contribution in [3.63, 3.8) is 0 Å². The molecule has 1 aliphatic heterocycles. The Morgan fingerprint density at radius 1 is 1.32 bits per heavy atom. The Hall–Kier alpha value is -1.86. The van der Waals surface area contributed by atoms with E-state index in [1.807, 2.05) is 0 Å². The van der Waals surface area contributed by atoms with E-state index in [1.165, 1.54) is 4.90 Å². The lowest BCUT2D eigenvalue weighted by molar-refractivity contribution is -0.325. The molecule has 0 aromatic carbocycles. The van der Waals surface area contributed by atoms with Crippen LogP contribution in [0.5, 0.6) is 6.08 Å². The molecule has 1 aliphatic rings. The molecule has 0 aliphatic carbocycles. The molecule has 1 amide bonds. The summed E-state index contributed by atoms with van der Waals surface area (Å²) in [5.74, 6) is 0.126. The van der Waals surface area contributed by atoms with Crippen molar-refractivity contribution in [2.24, 2.45) is 5.73 Å². The number of halogens is 3. The van der Waals surface area contributed by atoms with E-state index in [2.05, 4.69) is 14.9 Å². The number of hydrogen-bond acceptors (Lipinski definition) is 8. The highest BCUT2D eigenvalue weighted by Crippen LogP contribution is 2.30. The van der Waals surface area contributed by atoms with Gasteiger partial charge >= 0.3 is 18.5 Å². The Morgan fingerprint density at radius 3 is 2.68 bits per heavy atom. The van der Waals surface area contributed by atoms with Crippen LogP contribution in [0.25, 0.3) is 0 Å². The Bertz CT molecular complexity index is 652. The molecule has 160 valence electrons. The molecule has 9 nitrogen and oxygen atoms in total. The summed E-state index contributed by atoms with van der Waals surface area (Å²) < 4.78 is 55.3. The van der Waals surface area contributed by atoms with Gasteiger partial charge in [0, 0.05) is 21.7 Å². The number of carbonyl (C=O) groups is 1. The van der Waals surface area contributed by atoms with Gasteiger partial charge in [0.2, 0.25) is 5.89 Å². The normalized spacial score (nSPS) is 22.2. The topological polar surface area (TPSA) is 113 Å². The third kappa shape index (κ3) is 7.28. The summed E-state index contributed by atoms with van der Waals surface area (Å²) in [6, 6.07) is 0.329. The second kappa shape index (κ2) is 9.09. The van der Waals surface area contributed by atoms with E-state index >= 15 is 0 Å². The average Bonchev–Trinajstić information content (AvgIpc) is 2.91. The molecule has 2 rings (SSSR count). The second-order valence-corrected chi connectivity index (χ2v) is 9.72. The molecule has 13 heteroatoms. The fourth-order valence-electron chi connectivity index (χ4n) is 2.68. The molecule has 28 heavy (non-hydrogen) atoms. The SMILES string of the molecule is CC(C)(C)OC(=O)N1C[C@@H](N)[SiH2]CC[C@@H]1c1nnc(OCCOC(F)(F)F)o1. The fourth-order valence-corrected chi connectivity index (χ4v) is 4.29. The van der Waals surface area contributed by atoms with E-state index in [0.717, 1.165) is 6.04 Å². The largest absolute Gasteiger partial charge is 0.522 e. The zero-order valence-corrected chi connectivity index (χ0v) is 17.4. The van der Waals surface area contributed by atoms with Crippen LogP contribution in [0.2, 0.25) is 6.04 Å². The number of aromatic nitrogens is 2. The molecule has 0 saturated carbocycles. The molecule has 1 aromatic rings. The van der Waals surface area contributed by atoms with Crippen LogP contribution in [0.15, 0.2) is 4.42 Å². The second-order valence-electron chi connectivity index (χ2n) is 7.39. The predicted octanol–water partition coefficient (Wildman–Crippen LogP) is 1.54. The Morgan fingerprint density at radius 2 is 2.04 bits per heavy atom. The molecule has 1 saturated heterocycles. The van der Waals surface area contributed by atoms with Crippen LogP contribution < -0.4 is 10.5 Å². The van der Waals surface area contributed by atoms with Gasteiger partial charge in [-0.15, -0.1) is 18.3 Å². The molecule has 2 N–H and O–H groups in total. The molecule has 1 aromatic heterocycles. The number of nitrogens with zero attached hydrogens (tertiary/aromatic N) is 3. The number of hydrogen-bond donors (Lipinski definition) is 1. The first-order valence-electron chi connectivity index (χ1n) is 8.87. The van der Waals surface area contributed by atoms with Crippen LogP contribution in [0.1, 0.15) is 39.1 Å². The molecule has 0 unspecified atom stereocenters. The quantitative estimate of drug-likeness (QED) is 0.557. The minimum absolute atomic E-state index is 0.0873. The summed E-state index contributed by atoms with van der Waals surface area (Å²) in [5, 5.41) is 7.55. The Balaban J connectivity index is 2.05. The van der Waals surface area contributed by atoms with Crippen LogP contribution in [0, 0.1) is 0 Å². The summed E-state index contributed by atoms with van der Waals surface area (Å²) in [6.45, 7) is 4.45. The van der Waals surface area contributed by atoms with Crippen molar-refractivity contribution < 1.29 is 36.6 Å². The zero-order valence-electron chi connectivity index (χ0n) is 16.0. The summed E-state index contributed by atoms with van der Waals surface area (Å²) >= 11 is 0. The maximum Gasteiger partial charge on any atom is 0.522 e. The molecule has 0 spiro atoms. The van der Waals surface area contributed by atoms with Crippen molar-refractivity contribution in [3.05, 3.63) is 5.89 Å². The first-order valence-corrected chi connectivity index (χ1v) is 10.7. The number of amides is 1. The molecule has 0 bridgehead atoms. The van der Waals surface area contributed by atoms with Crippen molar-refractivity contribution in [1.82, 2.24) is 15.1 Å². The number of carbonyl (C=O) groups excluding carboxylic acids is 1. The zero-order chi connectivity index (χ0) is 20.9. The first-order chi connectivity index (χ1) is 12.9. The van der Waals surface area contributed by atoms with E-state index in [-0.39, 0.29) is 17.6 Å². The van der Waals surface area contributed by atoms with Gasteiger partial charge in [0.25, 0.3) is 0 Å².